The maximum Gasteiger partial charge on any atom is 0.227 e. The number of hydrogen-bond acceptors (Lipinski definition) is 2. The molecule has 2 bridgehead atoms. The smallest absolute Gasteiger partial charge is 0.227 e. The third-order valence-electron chi connectivity index (χ3n) is 5.58. The molecule has 0 aromatic rings. The van der Waals surface area contributed by atoms with Crippen molar-refractivity contribution in [2.24, 2.45) is 22.5 Å². The molecular formula is C16H28N2O. The zero-order chi connectivity index (χ0) is 13.8. The van der Waals surface area contributed by atoms with Crippen LogP contribution in [0.4, 0.5) is 0 Å². The SMILES string of the molecule is CC1(C)CC2CC(C)(CN2C(=O)C2CCCC2N)C1. The monoisotopic (exact) mass is 264 g/mol. The van der Waals surface area contributed by atoms with Crippen LogP contribution in [-0.2, 0) is 4.79 Å². The Labute approximate surface area is 116 Å². The number of amides is 1. The summed E-state index contributed by atoms with van der Waals surface area (Å²) < 4.78 is 0. The molecule has 3 nitrogen and oxygen atoms in total. The van der Waals surface area contributed by atoms with E-state index in [9.17, 15) is 4.79 Å². The van der Waals surface area contributed by atoms with E-state index in [1.54, 1.807) is 0 Å². The first kappa shape index (κ1) is 13.4. The highest BCUT2D eigenvalue weighted by atomic mass is 16.2. The molecule has 3 aliphatic rings. The predicted octanol–water partition coefficient (Wildman–Crippen LogP) is 2.54. The van der Waals surface area contributed by atoms with E-state index in [1.165, 1.54) is 12.8 Å². The van der Waals surface area contributed by atoms with Gasteiger partial charge >= 0.3 is 0 Å². The summed E-state index contributed by atoms with van der Waals surface area (Å²) in [6.07, 6.45) is 6.76. The van der Waals surface area contributed by atoms with Crippen LogP contribution < -0.4 is 5.73 Å². The van der Waals surface area contributed by atoms with Crippen LogP contribution in [0.3, 0.4) is 0 Å². The number of fused-ring (bicyclic) bond motifs is 2. The fourth-order valence-electron chi connectivity index (χ4n) is 5.23. The summed E-state index contributed by atoms with van der Waals surface area (Å²) in [5.74, 6) is 0.461. The van der Waals surface area contributed by atoms with Crippen molar-refractivity contribution in [2.75, 3.05) is 6.54 Å². The van der Waals surface area contributed by atoms with Crippen LogP contribution >= 0.6 is 0 Å². The molecule has 0 spiro atoms. The minimum absolute atomic E-state index is 0.103. The second-order valence-electron chi connectivity index (χ2n) is 8.38. The molecule has 4 unspecified atom stereocenters. The first-order chi connectivity index (χ1) is 8.80. The van der Waals surface area contributed by atoms with Gasteiger partial charge in [0, 0.05) is 18.6 Å². The van der Waals surface area contributed by atoms with E-state index in [1.807, 2.05) is 0 Å². The molecule has 0 aromatic carbocycles. The van der Waals surface area contributed by atoms with Gasteiger partial charge in [-0.05, 0) is 42.9 Å². The predicted molar refractivity (Wildman–Crippen MR) is 76.6 cm³/mol. The minimum Gasteiger partial charge on any atom is -0.339 e. The topological polar surface area (TPSA) is 46.3 Å². The van der Waals surface area contributed by atoms with Gasteiger partial charge in [-0.2, -0.15) is 0 Å². The second-order valence-corrected chi connectivity index (χ2v) is 8.38. The van der Waals surface area contributed by atoms with Crippen molar-refractivity contribution in [3.05, 3.63) is 0 Å². The number of hydrogen-bond donors (Lipinski definition) is 1. The molecule has 1 heterocycles. The first-order valence-corrected chi connectivity index (χ1v) is 7.86. The lowest BCUT2D eigenvalue weighted by molar-refractivity contribution is -0.136. The Bertz CT molecular complexity index is 392. The largest absolute Gasteiger partial charge is 0.339 e. The van der Waals surface area contributed by atoms with Gasteiger partial charge in [0.2, 0.25) is 5.91 Å². The van der Waals surface area contributed by atoms with Crippen LogP contribution in [0.25, 0.3) is 0 Å². The van der Waals surface area contributed by atoms with E-state index in [-0.39, 0.29) is 12.0 Å². The summed E-state index contributed by atoms with van der Waals surface area (Å²) >= 11 is 0. The highest BCUT2D eigenvalue weighted by Crippen LogP contribution is 2.53. The third kappa shape index (κ3) is 2.31. The number of likely N-dealkylation sites (tertiary alicyclic amines) is 1. The van der Waals surface area contributed by atoms with Crippen molar-refractivity contribution in [2.45, 2.75) is 71.4 Å². The van der Waals surface area contributed by atoms with Crippen molar-refractivity contribution in [1.29, 1.82) is 0 Å². The van der Waals surface area contributed by atoms with Crippen LogP contribution in [0.1, 0.15) is 59.3 Å². The van der Waals surface area contributed by atoms with Gasteiger partial charge in [-0.25, -0.2) is 0 Å². The Kier molecular flexibility index (Phi) is 2.97. The second kappa shape index (κ2) is 4.21. The summed E-state index contributed by atoms with van der Waals surface area (Å²) in [5.41, 5.74) is 6.84. The van der Waals surface area contributed by atoms with E-state index < -0.39 is 0 Å². The van der Waals surface area contributed by atoms with Crippen LogP contribution in [-0.4, -0.2) is 29.4 Å². The van der Waals surface area contributed by atoms with E-state index in [0.717, 1.165) is 32.2 Å². The van der Waals surface area contributed by atoms with Crippen molar-refractivity contribution >= 4 is 5.91 Å². The van der Waals surface area contributed by atoms with Gasteiger partial charge in [-0.3, -0.25) is 4.79 Å². The normalized spacial score (nSPS) is 44.6. The van der Waals surface area contributed by atoms with E-state index >= 15 is 0 Å². The van der Waals surface area contributed by atoms with E-state index in [4.69, 9.17) is 5.73 Å². The van der Waals surface area contributed by atoms with Crippen LogP contribution in [0.2, 0.25) is 0 Å². The Hall–Kier alpha value is -0.570. The molecule has 108 valence electrons. The molecule has 3 rings (SSSR count). The Balaban J connectivity index is 1.78. The molecule has 1 aliphatic heterocycles. The molecule has 3 heteroatoms. The molecule has 0 radical (unpaired) electrons. The van der Waals surface area contributed by atoms with Crippen LogP contribution in [0.5, 0.6) is 0 Å². The first-order valence-electron chi connectivity index (χ1n) is 7.86. The molecule has 2 N–H and O–H groups in total. The van der Waals surface area contributed by atoms with Gasteiger partial charge in [-0.1, -0.05) is 27.2 Å². The molecular weight excluding hydrogens is 236 g/mol. The lowest BCUT2D eigenvalue weighted by atomic mass is 9.65. The number of rotatable bonds is 1. The van der Waals surface area contributed by atoms with Gasteiger partial charge in [0.05, 0.1) is 5.92 Å². The summed E-state index contributed by atoms with van der Waals surface area (Å²) in [6, 6.07) is 0.572. The molecule has 1 amide bonds. The summed E-state index contributed by atoms with van der Waals surface area (Å²) in [6.45, 7) is 8.03. The Morgan fingerprint density at radius 1 is 1.21 bits per heavy atom. The average molecular weight is 264 g/mol. The van der Waals surface area contributed by atoms with Gasteiger partial charge < -0.3 is 10.6 Å². The van der Waals surface area contributed by atoms with Crippen molar-refractivity contribution < 1.29 is 4.79 Å². The minimum atomic E-state index is 0.103. The third-order valence-corrected chi connectivity index (χ3v) is 5.58. The van der Waals surface area contributed by atoms with Crippen molar-refractivity contribution in [3.8, 4) is 0 Å². The molecule has 3 fully saturated rings. The quantitative estimate of drug-likeness (QED) is 0.791. The summed E-state index contributed by atoms with van der Waals surface area (Å²) in [5, 5.41) is 0. The molecule has 4 atom stereocenters. The van der Waals surface area contributed by atoms with Crippen LogP contribution in [0, 0.1) is 16.7 Å². The molecule has 0 aromatic heterocycles. The fourth-order valence-corrected chi connectivity index (χ4v) is 5.23. The van der Waals surface area contributed by atoms with E-state index in [0.29, 0.717) is 22.8 Å². The molecule has 2 aliphatic carbocycles. The number of nitrogens with zero attached hydrogens (tertiary/aromatic N) is 1. The average Bonchev–Trinajstić information content (AvgIpc) is 2.78. The number of nitrogens with two attached hydrogens (primary N) is 1. The van der Waals surface area contributed by atoms with Crippen LogP contribution in [0.15, 0.2) is 0 Å². The highest BCUT2D eigenvalue weighted by molar-refractivity contribution is 5.80. The van der Waals surface area contributed by atoms with Crippen molar-refractivity contribution in [1.82, 2.24) is 4.90 Å². The highest BCUT2D eigenvalue weighted by Gasteiger charge is 2.52. The Morgan fingerprint density at radius 2 is 1.95 bits per heavy atom. The fraction of sp³-hybridized carbons (Fsp3) is 0.938. The summed E-state index contributed by atoms with van der Waals surface area (Å²) in [4.78, 5) is 15.0. The maximum absolute atomic E-state index is 12.8. The lowest BCUT2D eigenvalue weighted by Crippen LogP contribution is -2.44. The summed E-state index contributed by atoms with van der Waals surface area (Å²) in [7, 11) is 0. The number of carbonyl (C=O) groups is 1. The van der Waals surface area contributed by atoms with Gasteiger partial charge in [-0.15, -0.1) is 0 Å². The molecule has 1 saturated heterocycles. The lowest BCUT2D eigenvalue weighted by Gasteiger charge is -2.39. The Morgan fingerprint density at radius 3 is 2.58 bits per heavy atom. The molecule has 19 heavy (non-hydrogen) atoms. The van der Waals surface area contributed by atoms with Gasteiger partial charge in [0.1, 0.15) is 0 Å². The number of carbonyl (C=O) groups excluding carboxylic acids is 1. The van der Waals surface area contributed by atoms with Gasteiger partial charge in [0.25, 0.3) is 0 Å². The zero-order valence-corrected chi connectivity index (χ0v) is 12.6. The van der Waals surface area contributed by atoms with E-state index in [2.05, 4.69) is 25.7 Å². The van der Waals surface area contributed by atoms with Gasteiger partial charge in [0.15, 0.2) is 0 Å². The molecule has 2 saturated carbocycles. The zero-order valence-electron chi connectivity index (χ0n) is 12.6. The van der Waals surface area contributed by atoms with Crippen molar-refractivity contribution in [3.63, 3.8) is 0 Å². The standard InChI is InChI=1S/C16H28N2O/c1-15(2)7-11-8-16(3,9-15)10-18(11)14(19)12-5-4-6-13(12)17/h11-13H,4-10,17H2,1-3H3. The maximum atomic E-state index is 12.8.